The molecule has 0 aliphatic carbocycles. The molecule has 72 valence electrons. The van der Waals surface area contributed by atoms with Crippen molar-refractivity contribution in [2.24, 2.45) is 0 Å². The third-order valence-corrected chi connectivity index (χ3v) is 2.40. The summed E-state index contributed by atoms with van der Waals surface area (Å²) in [6.45, 7) is -0.114. The lowest BCUT2D eigenvalue weighted by atomic mass is 10.3. The minimum absolute atomic E-state index is 0.114. The highest BCUT2D eigenvalue weighted by atomic mass is 32.1. The van der Waals surface area contributed by atoms with E-state index in [4.69, 9.17) is 5.11 Å². The van der Waals surface area contributed by atoms with Crippen molar-refractivity contribution in [3.8, 4) is 0 Å². The summed E-state index contributed by atoms with van der Waals surface area (Å²) in [7, 11) is 0. The van der Waals surface area contributed by atoms with E-state index in [1.807, 2.05) is 0 Å². The van der Waals surface area contributed by atoms with Crippen LogP contribution in [0.25, 0.3) is 10.3 Å². The number of carboxylic acids is 1. The Labute approximate surface area is 83.4 Å². The minimum atomic E-state index is -0.898. The summed E-state index contributed by atoms with van der Waals surface area (Å²) in [4.78, 5) is 19.4. The van der Waals surface area contributed by atoms with Crippen LogP contribution in [-0.2, 0) is 4.79 Å². The number of rotatable bonds is 3. The van der Waals surface area contributed by atoms with Crippen LogP contribution in [0.1, 0.15) is 0 Å². The number of nitrogens with zero attached hydrogens (tertiary/aromatic N) is 2. The van der Waals surface area contributed by atoms with Gasteiger partial charge in [0.25, 0.3) is 0 Å². The predicted molar refractivity (Wildman–Crippen MR) is 53.5 cm³/mol. The van der Waals surface area contributed by atoms with E-state index in [2.05, 4.69) is 15.3 Å². The van der Waals surface area contributed by atoms with Crippen molar-refractivity contribution in [3.05, 3.63) is 17.8 Å². The number of aliphatic carboxylic acids is 1. The molecule has 2 aromatic heterocycles. The van der Waals surface area contributed by atoms with E-state index in [0.29, 0.717) is 5.69 Å². The molecule has 0 unspecified atom stereocenters. The molecule has 0 aliphatic heterocycles. The molecule has 0 aliphatic rings. The van der Waals surface area contributed by atoms with Crippen LogP contribution in [-0.4, -0.2) is 27.6 Å². The number of nitrogens with one attached hydrogen (secondary N) is 1. The smallest absolute Gasteiger partial charge is 0.322 e. The van der Waals surface area contributed by atoms with E-state index < -0.39 is 5.97 Å². The van der Waals surface area contributed by atoms with E-state index in [1.54, 1.807) is 17.8 Å². The molecule has 0 aromatic carbocycles. The van der Waals surface area contributed by atoms with Crippen LogP contribution in [0.4, 0.5) is 5.69 Å². The van der Waals surface area contributed by atoms with Crippen LogP contribution < -0.4 is 5.32 Å². The van der Waals surface area contributed by atoms with Gasteiger partial charge in [0.1, 0.15) is 16.9 Å². The van der Waals surface area contributed by atoms with Gasteiger partial charge in [-0.05, 0) is 6.07 Å². The molecule has 0 saturated heterocycles. The summed E-state index contributed by atoms with van der Waals surface area (Å²) < 4.78 is 0. The van der Waals surface area contributed by atoms with E-state index in [1.165, 1.54) is 11.3 Å². The average Bonchev–Trinajstić information content (AvgIpc) is 2.62. The molecule has 2 rings (SSSR count). The second-order valence-electron chi connectivity index (χ2n) is 2.61. The first-order valence-electron chi connectivity index (χ1n) is 3.91. The maximum atomic E-state index is 10.4. The fourth-order valence-corrected chi connectivity index (χ4v) is 1.74. The summed E-state index contributed by atoms with van der Waals surface area (Å²) in [6.07, 6.45) is 1.63. The maximum absolute atomic E-state index is 10.4. The van der Waals surface area contributed by atoms with Crippen LogP contribution in [0, 0.1) is 0 Å². The number of hydrogen-bond donors (Lipinski definition) is 2. The minimum Gasteiger partial charge on any atom is -0.480 e. The topological polar surface area (TPSA) is 75.1 Å². The summed E-state index contributed by atoms with van der Waals surface area (Å²) in [6, 6.07) is 1.71. The van der Waals surface area contributed by atoms with E-state index >= 15 is 0 Å². The number of thiazole rings is 1. The van der Waals surface area contributed by atoms with Crippen molar-refractivity contribution in [3.63, 3.8) is 0 Å². The van der Waals surface area contributed by atoms with Gasteiger partial charge < -0.3 is 10.4 Å². The number of anilines is 1. The lowest BCUT2D eigenvalue weighted by Crippen LogP contribution is -2.12. The van der Waals surface area contributed by atoms with Crippen LogP contribution in [0.2, 0.25) is 0 Å². The molecular weight excluding hydrogens is 202 g/mol. The molecule has 2 N–H and O–H groups in total. The highest BCUT2D eigenvalue weighted by molar-refractivity contribution is 7.16. The number of hydrogen-bond acceptors (Lipinski definition) is 5. The molecule has 0 bridgehead atoms. The zero-order valence-electron chi connectivity index (χ0n) is 7.10. The van der Waals surface area contributed by atoms with Crippen molar-refractivity contribution in [2.45, 2.75) is 0 Å². The standard InChI is InChI=1S/C8H7N3O2S/c12-6(13)3-10-5-1-2-9-8-7(5)11-4-14-8/h1-2,4H,3H2,(H,9,10)(H,12,13). The van der Waals surface area contributed by atoms with Crippen molar-refractivity contribution >= 4 is 33.3 Å². The molecule has 6 heteroatoms. The van der Waals surface area contributed by atoms with Gasteiger partial charge in [0.05, 0.1) is 11.2 Å². The average molecular weight is 209 g/mol. The summed E-state index contributed by atoms with van der Waals surface area (Å²) in [5, 5.41) is 11.3. The SMILES string of the molecule is O=C(O)CNc1ccnc2scnc12. The Kier molecular flexibility index (Phi) is 2.28. The Morgan fingerprint density at radius 3 is 3.21 bits per heavy atom. The van der Waals surface area contributed by atoms with E-state index in [-0.39, 0.29) is 6.54 Å². The van der Waals surface area contributed by atoms with Gasteiger partial charge in [0, 0.05) is 6.20 Å². The van der Waals surface area contributed by atoms with Crippen LogP contribution in [0.15, 0.2) is 17.8 Å². The number of aromatic nitrogens is 2. The molecule has 0 saturated carbocycles. The van der Waals surface area contributed by atoms with Gasteiger partial charge >= 0.3 is 5.97 Å². The molecule has 2 aromatic rings. The van der Waals surface area contributed by atoms with Crippen molar-refractivity contribution in [2.75, 3.05) is 11.9 Å². The van der Waals surface area contributed by atoms with Crippen LogP contribution >= 0.6 is 11.3 Å². The fraction of sp³-hybridized carbons (Fsp3) is 0.125. The largest absolute Gasteiger partial charge is 0.480 e. The second-order valence-corrected chi connectivity index (χ2v) is 3.45. The van der Waals surface area contributed by atoms with Crippen molar-refractivity contribution < 1.29 is 9.90 Å². The molecule has 0 radical (unpaired) electrons. The highest BCUT2D eigenvalue weighted by Gasteiger charge is 2.04. The van der Waals surface area contributed by atoms with Gasteiger partial charge in [-0.2, -0.15) is 0 Å². The lowest BCUT2D eigenvalue weighted by molar-refractivity contribution is -0.134. The zero-order chi connectivity index (χ0) is 9.97. The van der Waals surface area contributed by atoms with Gasteiger partial charge in [-0.25, -0.2) is 9.97 Å². The predicted octanol–water partition coefficient (Wildman–Crippen LogP) is 1.19. The number of carbonyl (C=O) groups is 1. The molecule has 14 heavy (non-hydrogen) atoms. The number of pyridine rings is 1. The molecular formula is C8H7N3O2S. The number of carboxylic acid groups (broad SMARTS) is 1. The normalized spacial score (nSPS) is 10.3. The monoisotopic (exact) mass is 209 g/mol. The molecule has 0 amide bonds. The summed E-state index contributed by atoms with van der Waals surface area (Å²) in [5.41, 5.74) is 3.11. The first kappa shape index (κ1) is 8.89. The van der Waals surface area contributed by atoms with Crippen molar-refractivity contribution in [1.29, 1.82) is 0 Å². The molecule has 5 nitrogen and oxygen atoms in total. The Morgan fingerprint density at radius 2 is 2.43 bits per heavy atom. The number of fused-ring (bicyclic) bond motifs is 1. The summed E-state index contributed by atoms with van der Waals surface area (Å²) >= 11 is 1.43. The third-order valence-electron chi connectivity index (χ3n) is 1.67. The van der Waals surface area contributed by atoms with Gasteiger partial charge in [0.2, 0.25) is 0 Å². The Morgan fingerprint density at radius 1 is 1.57 bits per heavy atom. The Bertz CT molecular complexity index is 468. The zero-order valence-corrected chi connectivity index (χ0v) is 7.91. The Hall–Kier alpha value is -1.69. The van der Waals surface area contributed by atoms with Gasteiger partial charge in [-0.15, -0.1) is 11.3 Å². The van der Waals surface area contributed by atoms with Gasteiger partial charge in [0.15, 0.2) is 0 Å². The quantitative estimate of drug-likeness (QED) is 0.794. The fourth-order valence-electron chi connectivity index (χ4n) is 1.09. The molecule has 0 atom stereocenters. The van der Waals surface area contributed by atoms with Gasteiger partial charge in [-0.1, -0.05) is 0 Å². The first-order valence-corrected chi connectivity index (χ1v) is 4.79. The van der Waals surface area contributed by atoms with Crippen molar-refractivity contribution in [1.82, 2.24) is 9.97 Å². The summed E-state index contributed by atoms with van der Waals surface area (Å²) in [5.74, 6) is -0.898. The first-order chi connectivity index (χ1) is 6.77. The third kappa shape index (κ3) is 1.64. The maximum Gasteiger partial charge on any atom is 0.322 e. The van der Waals surface area contributed by atoms with E-state index in [9.17, 15) is 4.79 Å². The molecule has 0 fully saturated rings. The molecule has 2 heterocycles. The highest BCUT2D eigenvalue weighted by Crippen LogP contribution is 2.22. The molecule has 0 spiro atoms. The second kappa shape index (κ2) is 3.59. The lowest BCUT2D eigenvalue weighted by Gasteiger charge is -2.02. The van der Waals surface area contributed by atoms with Crippen LogP contribution in [0.5, 0.6) is 0 Å². The van der Waals surface area contributed by atoms with Crippen LogP contribution in [0.3, 0.4) is 0 Å². The van der Waals surface area contributed by atoms with Gasteiger partial charge in [-0.3, -0.25) is 4.79 Å². The Balaban J connectivity index is 2.32. The van der Waals surface area contributed by atoms with E-state index in [0.717, 1.165) is 10.3 Å².